The highest BCUT2D eigenvalue weighted by Gasteiger charge is 2.24. The maximum Gasteiger partial charge on any atom is 0.272 e. The van der Waals surface area contributed by atoms with Gasteiger partial charge in [-0.2, -0.15) is 0 Å². The quantitative estimate of drug-likeness (QED) is 0.859. The van der Waals surface area contributed by atoms with Gasteiger partial charge in [-0.1, -0.05) is 6.07 Å². The van der Waals surface area contributed by atoms with E-state index in [2.05, 4.69) is 15.0 Å². The minimum atomic E-state index is -0.0353. The van der Waals surface area contributed by atoms with Crippen molar-refractivity contribution in [2.45, 2.75) is 13.3 Å². The van der Waals surface area contributed by atoms with E-state index in [0.717, 1.165) is 17.8 Å². The zero-order valence-electron chi connectivity index (χ0n) is 13.2. The highest BCUT2D eigenvalue weighted by Crippen LogP contribution is 2.14. The molecule has 23 heavy (non-hydrogen) atoms. The number of carbonyl (C=O) groups is 1. The number of hydrogen-bond acceptors (Lipinski definition) is 5. The molecule has 0 bridgehead atoms. The lowest BCUT2D eigenvalue weighted by Gasteiger charge is -2.23. The number of aromatic nitrogens is 3. The predicted molar refractivity (Wildman–Crippen MR) is 84.9 cm³/mol. The Morgan fingerprint density at radius 3 is 3.09 bits per heavy atom. The smallest absolute Gasteiger partial charge is 0.272 e. The molecule has 2 aromatic heterocycles. The van der Waals surface area contributed by atoms with E-state index in [-0.39, 0.29) is 11.8 Å². The average Bonchev–Trinajstić information content (AvgIpc) is 2.81. The summed E-state index contributed by atoms with van der Waals surface area (Å²) < 4.78 is 5.66. The Morgan fingerprint density at radius 2 is 2.30 bits per heavy atom. The van der Waals surface area contributed by atoms with Gasteiger partial charge in [-0.15, -0.1) is 0 Å². The monoisotopic (exact) mass is 312 g/mol. The molecule has 1 saturated heterocycles. The lowest BCUT2D eigenvalue weighted by molar-refractivity contribution is 0.0731. The molecule has 3 rings (SSSR count). The van der Waals surface area contributed by atoms with Crippen molar-refractivity contribution < 1.29 is 9.53 Å². The minimum Gasteiger partial charge on any atom is -0.379 e. The number of aryl methyl sites for hydroxylation is 1. The van der Waals surface area contributed by atoms with Crippen molar-refractivity contribution in [2.75, 3.05) is 26.3 Å². The summed E-state index contributed by atoms with van der Waals surface area (Å²) in [6.45, 7) is 4.32. The van der Waals surface area contributed by atoms with Crippen molar-refractivity contribution in [3.8, 4) is 0 Å². The number of ether oxygens (including phenoxy) is 1. The third-order valence-corrected chi connectivity index (χ3v) is 3.87. The van der Waals surface area contributed by atoms with Gasteiger partial charge in [-0.05, 0) is 31.5 Å². The van der Waals surface area contributed by atoms with Crippen LogP contribution < -0.4 is 0 Å². The predicted octanol–water partition coefficient (Wildman–Crippen LogP) is 1.51. The second kappa shape index (κ2) is 7.28. The van der Waals surface area contributed by atoms with Gasteiger partial charge in [0.2, 0.25) is 0 Å². The van der Waals surface area contributed by atoms with E-state index in [1.807, 2.05) is 30.0 Å². The first-order chi connectivity index (χ1) is 11.2. The maximum absolute atomic E-state index is 12.7. The van der Waals surface area contributed by atoms with Gasteiger partial charge in [0.25, 0.3) is 5.91 Å². The Balaban J connectivity index is 1.70. The number of nitrogens with zero attached hydrogens (tertiary/aromatic N) is 4. The molecule has 2 aromatic rings. The van der Waals surface area contributed by atoms with Crippen LogP contribution in [0.15, 0.2) is 36.8 Å². The van der Waals surface area contributed by atoms with Crippen molar-refractivity contribution in [1.82, 2.24) is 19.9 Å². The second-order valence-corrected chi connectivity index (χ2v) is 5.76. The van der Waals surface area contributed by atoms with Gasteiger partial charge in [0.05, 0.1) is 13.2 Å². The molecule has 3 heterocycles. The van der Waals surface area contributed by atoms with Gasteiger partial charge in [-0.3, -0.25) is 4.79 Å². The van der Waals surface area contributed by atoms with Gasteiger partial charge in [-0.25, -0.2) is 15.0 Å². The van der Waals surface area contributed by atoms with Gasteiger partial charge >= 0.3 is 0 Å². The Morgan fingerprint density at radius 1 is 1.39 bits per heavy atom. The molecule has 6 heteroatoms. The maximum atomic E-state index is 12.7. The third-order valence-electron chi connectivity index (χ3n) is 3.87. The molecule has 1 amide bonds. The third kappa shape index (κ3) is 4.10. The average molecular weight is 312 g/mol. The zero-order valence-corrected chi connectivity index (χ0v) is 13.2. The molecule has 1 aliphatic heterocycles. The fraction of sp³-hybridized carbons (Fsp3) is 0.412. The number of hydrogen-bond donors (Lipinski definition) is 0. The number of rotatable bonds is 3. The molecule has 0 aromatic carbocycles. The van der Waals surface area contributed by atoms with Crippen LogP contribution in [0.25, 0.3) is 0 Å². The number of carbonyl (C=O) groups excluding carboxylic acids is 1. The molecular weight excluding hydrogens is 292 g/mol. The molecular formula is C17H20N4O2. The Hall–Kier alpha value is -2.34. The van der Waals surface area contributed by atoms with Crippen LogP contribution in [0.4, 0.5) is 0 Å². The van der Waals surface area contributed by atoms with Crippen molar-refractivity contribution in [1.29, 1.82) is 0 Å². The Labute approximate surface area is 135 Å². The van der Waals surface area contributed by atoms with Gasteiger partial charge in [0, 0.05) is 36.6 Å². The van der Waals surface area contributed by atoms with Gasteiger partial charge in [0.15, 0.2) is 0 Å². The van der Waals surface area contributed by atoms with Crippen molar-refractivity contribution in [2.24, 2.45) is 5.92 Å². The second-order valence-electron chi connectivity index (χ2n) is 5.76. The van der Waals surface area contributed by atoms with Crippen LogP contribution in [0, 0.1) is 12.8 Å². The fourth-order valence-electron chi connectivity index (χ4n) is 2.75. The molecule has 0 saturated carbocycles. The van der Waals surface area contributed by atoms with Crippen LogP contribution in [0.1, 0.15) is 21.9 Å². The summed E-state index contributed by atoms with van der Waals surface area (Å²) in [4.78, 5) is 27.0. The molecule has 0 N–H and O–H groups in total. The lowest BCUT2D eigenvalue weighted by Crippen LogP contribution is -2.37. The van der Waals surface area contributed by atoms with E-state index in [1.165, 1.54) is 0 Å². The van der Waals surface area contributed by atoms with Crippen LogP contribution in [0.5, 0.6) is 0 Å². The fourth-order valence-corrected chi connectivity index (χ4v) is 2.75. The van der Waals surface area contributed by atoms with E-state index in [1.54, 1.807) is 18.6 Å². The van der Waals surface area contributed by atoms with Crippen molar-refractivity contribution in [3.05, 3.63) is 53.9 Å². The molecule has 0 spiro atoms. The van der Waals surface area contributed by atoms with Crippen LogP contribution in [0.3, 0.4) is 0 Å². The van der Waals surface area contributed by atoms with Crippen LogP contribution in [-0.4, -0.2) is 52.1 Å². The largest absolute Gasteiger partial charge is 0.379 e. The summed E-state index contributed by atoms with van der Waals surface area (Å²) in [6, 6.07) is 7.42. The first-order valence-electron chi connectivity index (χ1n) is 7.78. The van der Waals surface area contributed by atoms with E-state index in [4.69, 9.17) is 4.74 Å². The summed E-state index contributed by atoms with van der Waals surface area (Å²) >= 11 is 0. The highest BCUT2D eigenvalue weighted by atomic mass is 16.5. The highest BCUT2D eigenvalue weighted by molar-refractivity contribution is 5.92. The Bertz CT molecular complexity index is 663. The van der Waals surface area contributed by atoms with E-state index < -0.39 is 0 Å². The van der Waals surface area contributed by atoms with Gasteiger partial charge in [0.1, 0.15) is 12.0 Å². The topological polar surface area (TPSA) is 68.2 Å². The van der Waals surface area contributed by atoms with Crippen LogP contribution in [0.2, 0.25) is 0 Å². The molecule has 0 aliphatic carbocycles. The van der Waals surface area contributed by atoms with E-state index >= 15 is 0 Å². The first kappa shape index (κ1) is 15.6. The zero-order chi connectivity index (χ0) is 16.1. The van der Waals surface area contributed by atoms with Crippen LogP contribution >= 0.6 is 0 Å². The van der Waals surface area contributed by atoms with Crippen molar-refractivity contribution >= 4 is 5.91 Å². The number of amides is 1. The lowest BCUT2D eigenvalue weighted by atomic mass is 10.0. The molecule has 6 nitrogen and oxygen atoms in total. The normalized spacial score (nSPS) is 18.5. The van der Waals surface area contributed by atoms with E-state index in [9.17, 15) is 4.79 Å². The Kier molecular flexibility index (Phi) is 4.92. The first-order valence-corrected chi connectivity index (χ1v) is 7.78. The number of pyridine rings is 1. The molecule has 1 aliphatic rings. The van der Waals surface area contributed by atoms with E-state index in [0.29, 0.717) is 32.0 Å². The van der Waals surface area contributed by atoms with Gasteiger partial charge < -0.3 is 9.64 Å². The molecule has 1 unspecified atom stereocenters. The SMILES string of the molecule is Cc1cccc(C(=O)N2CCOCC(Cc3ccncn3)C2)n1. The van der Waals surface area contributed by atoms with Crippen molar-refractivity contribution in [3.63, 3.8) is 0 Å². The summed E-state index contributed by atoms with van der Waals surface area (Å²) in [5, 5.41) is 0. The molecule has 1 atom stereocenters. The summed E-state index contributed by atoms with van der Waals surface area (Å²) in [6.07, 6.45) is 4.06. The standard InChI is InChI=1S/C17H20N4O2/c1-13-3-2-4-16(20-13)17(22)21-7-8-23-11-14(10-21)9-15-5-6-18-12-19-15/h2-6,12,14H,7-11H2,1H3. The summed E-state index contributed by atoms with van der Waals surface area (Å²) in [5.41, 5.74) is 2.31. The molecule has 120 valence electrons. The summed E-state index contributed by atoms with van der Waals surface area (Å²) in [5.74, 6) is 0.188. The molecule has 0 radical (unpaired) electrons. The summed E-state index contributed by atoms with van der Waals surface area (Å²) in [7, 11) is 0. The minimum absolute atomic E-state index is 0.0353. The molecule has 1 fully saturated rings. The van der Waals surface area contributed by atoms with Crippen LogP contribution in [-0.2, 0) is 11.2 Å².